The molecule has 3 aromatic rings. The Morgan fingerprint density at radius 1 is 1.11 bits per heavy atom. The second-order valence-electron chi connectivity index (χ2n) is 6.50. The Hall–Kier alpha value is -3.48. The fraction of sp³-hybridized carbons (Fsp3) is 0.200. The Balaban J connectivity index is 1.85. The molecule has 1 atom stereocenters. The van der Waals surface area contributed by atoms with Crippen LogP contribution < -0.4 is 5.43 Å². The summed E-state index contributed by atoms with van der Waals surface area (Å²) in [6, 6.07) is 14.7. The zero-order chi connectivity index (χ0) is 19.0. The second-order valence-corrected chi connectivity index (χ2v) is 6.50. The van der Waals surface area contributed by atoms with Crippen LogP contribution in [0.3, 0.4) is 0 Å². The summed E-state index contributed by atoms with van der Waals surface area (Å²) in [5, 5.41) is 14.7. The van der Waals surface area contributed by atoms with Crippen LogP contribution >= 0.6 is 0 Å². The van der Waals surface area contributed by atoms with E-state index in [4.69, 9.17) is 0 Å². The number of pyridine rings is 1. The van der Waals surface area contributed by atoms with Crippen molar-refractivity contribution in [3.05, 3.63) is 87.6 Å². The number of aromatic nitrogens is 3. The predicted octanol–water partition coefficient (Wildman–Crippen LogP) is 1.90. The molecular formula is C20H18N4O3. The molecule has 27 heavy (non-hydrogen) atoms. The molecule has 4 rings (SSSR count). The van der Waals surface area contributed by atoms with Crippen molar-refractivity contribution in [2.24, 2.45) is 0 Å². The second kappa shape index (κ2) is 6.68. The zero-order valence-corrected chi connectivity index (χ0v) is 14.7. The molecule has 3 heterocycles. The van der Waals surface area contributed by atoms with Crippen LogP contribution in [-0.4, -0.2) is 37.2 Å². The molecule has 7 nitrogen and oxygen atoms in total. The first-order valence-electron chi connectivity index (χ1n) is 8.62. The van der Waals surface area contributed by atoms with E-state index in [0.717, 1.165) is 5.56 Å². The van der Waals surface area contributed by atoms with E-state index >= 15 is 0 Å². The highest BCUT2D eigenvalue weighted by atomic mass is 16.3. The number of carbonyl (C=O) groups is 1. The molecule has 1 aliphatic heterocycles. The molecule has 0 saturated heterocycles. The minimum atomic E-state index is -0.629. The molecule has 1 aliphatic rings. The average molecular weight is 362 g/mol. The van der Waals surface area contributed by atoms with Crippen molar-refractivity contribution in [3.63, 3.8) is 0 Å². The number of aryl methyl sites for hydroxylation is 1. The lowest BCUT2D eigenvalue weighted by molar-refractivity contribution is 0.0647. The highest BCUT2D eigenvalue weighted by Gasteiger charge is 2.36. The summed E-state index contributed by atoms with van der Waals surface area (Å²) < 4.78 is 1.43. The van der Waals surface area contributed by atoms with E-state index in [9.17, 15) is 14.7 Å². The van der Waals surface area contributed by atoms with Crippen LogP contribution in [0.5, 0.6) is 5.75 Å². The van der Waals surface area contributed by atoms with Crippen LogP contribution in [0, 0.1) is 6.92 Å². The van der Waals surface area contributed by atoms with Crippen molar-refractivity contribution in [1.82, 2.24) is 19.7 Å². The summed E-state index contributed by atoms with van der Waals surface area (Å²) in [5.41, 5.74) is 1.08. The smallest absolute Gasteiger partial charge is 0.276 e. The molecule has 0 bridgehead atoms. The summed E-state index contributed by atoms with van der Waals surface area (Å²) in [7, 11) is 0. The largest absolute Gasteiger partial charge is 0.502 e. The summed E-state index contributed by atoms with van der Waals surface area (Å²) in [6.45, 7) is 2.22. The standard InChI is InChI=1S/C20H18N4O3/c1-13-18(25)19(26)17-20(27)23(11-14-7-3-2-4-8-14)12-16(24(17)22-13)15-9-5-6-10-21-15/h2-10,16,26H,11-12H2,1H3. The van der Waals surface area contributed by atoms with Gasteiger partial charge in [0.25, 0.3) is 5.91 Å². The number of hydrogen-bond acceptors (Lipinski definition) is 5. The van der Waals surface area contributed by atoms with Gasteiger partial charge in [-0.3, -0.25) is 14.6 Å². The van der Waals surface area contributed by atoms with E-state index in [-0.39, 0.29) is 11.4 Å². The van der Waals surface area contributed by atoms with Crippen molar-refractivity contribution >= 4 is 5.91 Å². The topological polar surface area (TPSA) is 88.3 Å². The fourth-order valence-electron chi connectivity index (χ4n) is 3.32. The third-order valence-electron chi connectivity index (χ3n) is 4.68. The van der Waals surface area contributed by atoms with Crippen molar-refractivity contribution in [2.75, 3.05) is 6.54 Å². The van der Waals surface area contributed by atoms with Crippen LogP contribution in [0.1, 0.15) is 33.5 Å². The van der Waals surface area contributed by atoms with Gasteiger partial charge in [0.2, 0.25) is 5.43 Å². The van der Waals surface area contributed by atoms with Crippen molar-refractivity contribution in [3.8, 4) is 5.75 Å². The Morgan fingerprint density at radius 3 is 2.56 bits per heavy atom. The van der Waals surface area contributed by atoms with E-state index in [1.807, 2.05) is 48.5 Å². The molecule has 136 valence electrons. The van der Waals surface area contributed by atoms with E-state index in [1.165, 1.54) is 11.6 Å². The highest BCUT2D eigenvalue weighted by molar-refractivity contribution is 5.95. The summed E-state index contributed by atoms with van der Waals surface area (Å²) in [5.74, 6) is -0.987. The van der Waals surface area contributed by atoms with E-state index in [0.29, 0.717) is 18.8 Å². The highest BCUT2D eigenvalue weighted by Crippen LogP contribution is 2.29. The lowest BCUT2D eigenvalue weighted by atomic mass is 10.1. The van der Waals surface area contributed by atoms with Gasteiger partial charge >= 0.3 is 0 Å². The van der Waals surface area contributed by atoms with Gasteiger partial charge in [-0.15, -0.1) is 0 Å². The third kappa shape index (κ3) is 2.97. The predicted molar refractivity (Wildman–Crippen MR) is 98.5 cm³/mol. The normalized spacial score (nSPS) is 16.3. The molecule has 0 aliphatic carbocycles. The maximum Gasteiger partial charge on any atom is 0.276 e. The van der Waals surface area contributed by atoms with Gasteiger partial charge in [-0.2, -0.15) is 5.10 Å². The van der Waals surface area contributed by atoms with Crippen LogP contribution in [0.4, 0.5) is 0 Å². The van der Waals surface area contributed by atoms with Gasteiger partial charge in [-0.05, 0) is 24.6 Å². The number of rotatable bonds is 3. The number of fused-ring (bicyclic) bond motifs is 1. The number of nitrogens with zero attached hydrogens (tertiary/aromatic N) is 4. The van der Waals surface area contributed by atoms with Gasteiger partial charge in [0.05, 0.1) is 5.69 Å². The minimum absolute atomic E-state index is 0.0940. The summed E-state index contributed by atoms with van der Waals surface area (Å²) in [4.78, 5) is 31.2. The lowest BCUT2D eigenvalue weighted by Crippen LogP contribution is -2.45. The first kappa shape index (κ1) is 17.0. The molecule has 1 unspecified atom stereocenters. The first-order chi connectivity index (χ1) is 13.1. The Morgan fingerprint density at radius 2 is 1.85 bits per heavy atom. The quantitative estimate of drug-likeness (QED) is 0.769. The summed E-state index contributed by atoms with van der Waals surface area (Å²) >= 11 is 0. The molecule has 1 N–H and O–H groups in total. The average Bonchev–Trinajstić information content (AvgIpc) is 2.69. The zero-order valence-electron chi connectivity index (χ0n) is 14.7. The van der Waals surface area contributed by atoms with Crippen molar-refractivity contribution in [1.29, 1.82) is 0 Å². The number of amides is 1. The molecule has 0 saturated carbocycles. The molecule has 2 aromatic heterocycles. The third-order valence-corrected chi connectivity index (χ3v) is 4.68. The van der Waals surface area contributed by atoms with Gasteiger partial charge in [-0.1, -0.05) is 36.4 Å². The molecule has 7 heteroatoms. The molecular weight excluding hydrogens is 344 g/mol. The van der Waals surface area contributed by atoms with Gasteiger partial charge in [0.15, 0.2) is 11.4 Å². The molecule has 0 fully saturated rings. The lowest BCUT2D eigenvalue weighted by Gasteiger charge is -2.35. The number of hydrogen-bond donors (Lipinski definition) is 1. The van der Waals surface area contributed by atoms with Crippen LogP contribution in [0.15, 0.2) is 59.5 Å². The van der Waals surface area contributed by atoms with E-state index < -0.39 is 23.1 Å². The number of aromatic hydroxyl groups is 1. The number of carbonyl (C=O) groups excluding carboxylic acids is 1. The Bertz CT molecular complexity index is 1050. The van der Waals surface area contributed by atoms with Crippen molar-refractivity contribution in [2.45, 2.75) is 19.5 Å². The molecule has 1 amide bonds. The van der Waals surface area contributed by atoms with Crippen molar-refractivity contribution < 1.29 is 9.90 Å². The van der Waals surface area contributed by atoms with Gasteiger partial charge < -0.3 is 10.0 Å². The molecule has 1 aromatic carbocycles. The van der Waals surface area contributed by atoms with Crippen LogP contribution in [0.25, 0.3) is 0 Å². The van der Waals surface area contributed by atoms with E-state index in [2.05, 4.69) is 10.1 Å². The van der Waals surface area contributed by atoms with E-state index in [1.54, 1.807) is 11.1 Å². The Labute approximate surface area is 155 Å². The van der Waals surface area contributed by atoms with Gasteiger partial charge in [-0.25, -0.2) is 4.68 Å². The van der Waals surface area contributed by atoms with Crippen LogP contribution in [-0.2, 0) is 6.54 Å². The first-order valence-corrected chi connectivity index (χ1v) is 8.62. The SMILES string of the molecule is Cc1nn2c(c(O)c1=O)C(=O)N(Cc1ccccc1)CC2c1ccccn1. The maximum atomic E-state index is 13.0. The molecule has 0 radical (unpaired) electrons. The number of benzene rings is 1. The maximum absolute atomic E-state index is 13.0. The minimum Gasteiger partial charge on any atom is -0.502 e. The van der Waals surface area contributed by atoms with Gasteiger partial charge in [0, 0.05) is 19.3 Å². The van der Waals surface area contributed by atoms with Crippen LogP contribution in [0.2, 0.25) is 0 Å². The monoisotopic (exact) mass is 362 g/mol. The summed E-state index contributed by atoms with van der Waals surface area (Å²) in [6.07, 6.45) is 1.67. The van der Waals surface area contributed by atoms with Gasteiger partial charge in [0.1, 0.15) is 11.7 Å². The fourth-order valence-corrected chi connectivity index (χ4v) is 3.32. The molecule has 0 spiro atoms. The Kier molecular flexibility index (Phi) is 4.19.